The van der Waals surface area contributed by atoms with Crippen LogP contribution in [0.15, 0.2) is 42.5 Å². The molecule has 1 aliphatic carbocycles. The predicted molar refractivity (Wildman–Crippen MR) is 107 cm³/mol. The lowest BCUT2D eigenvalue weighted by Gasteiger charge is -2.21. The molecule has 0 radical (unpaired) electrons. The Bertz CT molecular complexity index is 766. The molecule has 0 aliphatic heterocycles. The maximum atomic E-state index is 11.7. The van der Waals surface area contributed by atoms with Crippen molar-refractivity contribution >= 4 is 5.97 Å². The highest BCUT2D eigenvalue weighted by molar-refractivity contribution is 5.75. The second-order valence-corrected chi connectivity index (χ2v) is 7.94. The van der Waals surface area contributed by atoms with E-state index in [0.717, 1.165) is 30.5 Å². The number of carbonyl (C=O) groups is 1. The molecule has 0 N–H and O–H groups in total. The summed E-state index contributed by atoms with van der Waals surface area (Å²) in [6.45, 7) is 4.45. The number of unbranched alkanes of at least 4 members (excludes halogenated alkanes) is 1. The molecule has 1 aromatic carbocycles. The molecule has 1 fully saturated rings. The molecule has 0 saturated heterocycles. The van der Waals surface area contributed by atoms with Crippen molar-refractivity contribution in [3.63, 3.8) is 0 Å². The minimum atomic E-state index is -0.445. The van der Waals surface area contributed by atoms with Gasteiger partial charge in [0, 0.05) is 17.7 Å². The summed E-state index contributed by atoms with van der Waals surface area (Å²) in [5, 5.41) is 0. The number of nitrogens with zero attached hydrogens (tertiary/aromatic N) is 1. The normalized spacial score (nSPS) is 14.0. The Kier molecular flexibility index (Phi) is 6.15. The number of aromatic nitrogens is 1. The molecule has 2 aromatic rings. The largest absolute Gasteiger partial charge is 0.478 e. The molecule has 3 rings (SSSR count). The number of rotatable bonds is 9. The van der Waals surface area contributed by atoms with E-state index in [4.69, 9.17) is 14.5 Å². The zero-order chi connectivity index (χ0) is 19.3. The third-order valence-corrected chi connectivity index (χ3v) is 5.11. The molecule has 0 spiro atoms. The number of ether oxygens (including phenoxy) is 2. The monoisotopic (exact) mass is 367 g/mol. The van der Waals surface area contributed by atoms with Gasteiger partial charge in [0.15, 0.2) is 0 Å². The van der Waals surface area contributed by atoms with Crippen molar-refractivity contribution in [1.29, 1.82) is 0 Å². The molecule has 1 aromatic heterocycles. The summed E-state index contributed by atoms with van der Waals surface area (Å²) < 4.78 is 10.8. The molecule has 144 valence electrons. The Morgan fingerprint density at radius 1 is 1.11 bits per heavy atom. The van der Waals surface area contributed by atoms with E-state index in [1.165, 1.54) is 25.5 Å². The second kappa shape index (κ2) is 8.55. The zero-order valence-electron chi connectivity index (χ0n) is 16.5. The molecular weight excluding hydrogens is 338 g/mol. The highest BCUT2D eigenvalue weighted by atomic mass is 16.5. The van der Waals surface area contributed by atoms with Gasteiger partial charge in [-0.15, -0.1) is 0 Å². The third kappa shape index (κ3) is 5.31. The molecule has 27 heavy (non-hydrogen) atoms. The summed E-state index contributed by atoms with van der Waals surface area (Å²) in [7, 11) is 1.44. The summed E-state index contributed by atoms with van der Waals surface area (Å²) in [6, 6.07) is 14.6. The first-order valence-electron chi connectivity index (χ1n) is 9.78. The Balaban J connectivity index is 1.58. The minimum Gasteiger partial charge on any atom is -0.478 e. The maximum Gasteiger partial charge on any atom is 0.311 e. The van der Waals surface area contributed by atoms with Gasteiger partial charge in [-0.05, 0) is 63.1 Å². The van der Waals surface area contributed by atoms with Gasteiger partial charge < -0.3 is 9.47 Å². The topological polar surface area (TPSA) is 48.4 Å². The van der Waals surface area contributed by atoms with Crippen molar-refractivity contribution < 1.29 is 14.3 Å². The fourth-order valence-electron chi connectivity index (χ4n) is 3.21. The van der Waals surface area contributed by atoms with Crippen molar-refractivity contribution in [1.82, 2.24) is 4.98 Å². The van der Waals surface area contributed by atoms with Crippen molar-refractivity contribution in [3.8, 4) is 17.0 Å². The maximum absolute atomic E-state index is 11.7. The number of carbonyl (C=O) groups excluding carboxylic acids is 1. The van der Waals surface area contributed by atoms with Gasteiger partial charge in [-0.3, -0.25) is 4.79 Å². The van der Waals surface area contributed by atoms with Crippen LogP contribution < -0.4 is 4.74 Å². The summed E-state index contributed by atoms with van der Waals surface area (Å²) in [6.07, 6.45) is 5.01. The first kappa shape index (κ1) is 19.4. The highest BCUT2D eigenvalue weighted by Crippen LogP contribution is 2.41. The van der Waals surface area contributed by atoms with E-state index in [2.05, 4.69) is 30.3 Å². The van der Waals surface area contributed by atoms with Crippen LogP contribution in [0.2, 0.25) is 0 Å². The van der Waals surface area contributed by atoms with Crippen LogP contribution in [0, 0.1) is 5.41 Å². The van der Waals surface area contributed by atoms with E-state index in [9.17, 15) is 4.79 Å². The van der Waals surface area contributed by atoms with Gasteiger partial charge in [-0.2, -0.15) is 0 Å². The van der Waals surface area contributed by atoms with E-state index in [1.807, 2.05) is 26.0 Å². The van der Waals surface area contributed by atoms with Crippen molar-refractivity contribution in [2.24, 2.45) is 5.41 Å². The Morgan fingerprint density at radius 3 is 2.52 bits per heavy atom. The summed E-state index contributed by atoms with van der Waals surface area (Å²) >= 11 is 0. The van der Waals surface area contributed by atoms with Crippen molar-refractivity contribution in [2.45, 2.75) is 51.9 Å². The molecule has 0 unspecified atom stereocenters. The van der Waals surface area contributed by atoms with Gasteiger partial charge in [0.2, 0.25) is 5.88 Å². The molecule has 4 heteroatoms. The Morgan fingerprint density at radius 2 is 1.85 bits per heavy atom. The van der Waals surface area contributed by atoms with E-state index >= 15 is 0 Å². The summed E-state index contributed by atoms with van der Waals surface area (Å²) in [5.74, 6) is 1.12. The number of pyridine rings is 1. The number of methoxy groups -OCH3 is 1. The van der Waals surface area contributed by atoms with Gasteiger partial charge in [-0.25, -0.2) is 4.98 Å². The van der Waals surface area contributed by atoms with Crippen LogP contribution in [-0.4, -0.2) is 24.7 Å². The van der Waals surface area contributed by atoms with Crippen LogP contribution in [0.3, 0.4) is 0 Å². The fraction of sp³-hybridized carbons (Fsp3) is 0.478. The van der Waals surface area contributed by atoms with Crippen LogP contribution in [0.1, 0.15) is 57.6 Å². The van der Waals surface area contributed by atoms with Crippen LogP contribution in [-0.2, 0) is 9.53 Å². The SMILES string of the molecule is COC(=O)C(C)(C)CCCCOc1cc(-c2ccccc2)cc(C2CC2)n1. The van der Waals surface area contributed by atoms with Crippen LogP contribution in [0.25, 0.3) is 11.1 Å². The standard InChI is InChI=1S/C23H29NO3/c1-23(2,22(25)26-3)13-7-8-14-27-21-16-19(17-9-5-4-6-10-17)15-20(24-21)18-11-12-18/h4-6,9-10,15-16,18H,7-8,11-14H2,1-3H3. The molecule has 1 heterocycles. The van der Waals surface area contributed by atoms with Crippen molar-refractivity contribution in [2.75, 3.05) is 13.7 Å². The van der Waals surface area contributed by atoms with Gasteiger partial charge in [-0.1, -0.05) is 30.3 Å². The lowest BCUT2D eigenvalue weighted by atomic mass is 9.87. The average Bonchev–Trinajstić information content (AvgIpc) is 3.53. The zero-order valence-corrected chi connectivity index (χ0v) is 16.5. The smallest absolute Gasteiger partial charge is 0.311 e. The summed E-state index contributed by atoms with van der Waals surface area (Å²) in [5.41, 5.74) is 3.04. The first-order valence-corrected chi connectivity index (χ1v) is 9.78. The van der Waals surface area contributed by atoms with E-state index in [0.29, 0.717) is 18.4 Å². The number of benzene rings is 1. The number of hydrogen-bond acceptors (Lipinski definition) is 4. The molecule has 1 saturated carbocycles. The molecule has 1 aliphatic rings. The third-order valence-electron chi connectivity index (χ3n) is 5.11. The fourth-order valence-corrected chi connectivity index (χ4v) is 3.21. The number of esters is 1. The lowest BCUT2D eigenvalue weighted by molar-refractivity contribution is -0.151. The predicted octanol–water partition coefficient (Wildman–Crippen LogP) is 5.37. The lowest BCUT2D eigenvalue weighted by Crippen LogP contribution is -2.25. The molecule has 0 amide bonds. The Hall–Kier alpha value is -2.36. The van der Waals surface area contributed by atoms with Gasteiger partial charge in [0.1, 0.15) is 0 Å². The molecule has 4 nitrogen and oxygen atoms in total. The first-order chi connectivity index (χ1) is 13.0. The van der Waals surface area contributed by atoms with Gasteiger partial charge >= 0.3 is 5.97 Å². The van der Waals surface area contributed by atoms with Gasteiger partial charge in [0.25, 0.3) is 0 Å². The van der Waals surface area contributed by atoms with Crippen LogP contribution in [0.5, 0.6) is 5.88 Å². The van der Waals surface area contributed by atoms with E-state index in [-0.39, 0.29) is 5.97 Å². The van der Waals surface area contributed by atoms with E-state index in [1.54, 1.807) is 0 Å². The quantitative estimate of drug-likeness (QED) is 0.441. The van der Waals surface area contributed by atoms with Gasteiger partial charge in [0.05, 0.1) is 19.1 Å². The number of hydrogen-bond donors (Lipinski definition) is 0. The van der Waals surface area contributed by atoms with Crippen LogP contribution in [0.4, 0.5) is 0 Å². The summed E-state index contributed by atoms with van der Waals surface area (Å²) in [4.78, 5) is 16.4. The molecular formula is C23H29NO3. The highest BCUT2D eigenvalue weighted by Gasteiger charge is 2.28. The van der Waals surface area contributed by atoms with Crippen LogP contribution >= 0.6 is 0 Å². The second-order valence-electron chi connectivity index (χ2n) is 7.94. The van der Waals surface area contributed by atoms with Crippen molar-refractivity contribution in [3.05, 3.63) is 48.2 Å². The minimum absolute atomic E-state index is 0.158. The molecule has 0 atom stereocenters. The molecule has 0 bridgehead atoms. The van der Waals surface area contributed by atoms with E-state index < -0.39 is 5.41 Å². The Labute approximate surface area is 161 Å². The average molecular weight is 367 g/mol.